The zero-order valence-electron chi connectivity index (χ0n) is 12.6. The zero-order chi connectivity index (χ0) is 15.2. The van der Waals surface area contributed by atoms with Gasteiger partial charge in [-0.2, -0.15) is 0 Å². The van der Waals surface area contributed by atoms with Gasteiger partial charge < -0.3 is 20.5 Å². The molecule has 1 amide bonds. The van der Waals surface area contributed by atoms with Crippen LogP contribution >= 0.6 is 0 Å². The Hall–Kier alpha value is -1.75. The highest BCUT2D eigenvalue weighted by molar-refractivity contribution is 5.76. The van der Waals surface area contributed by atoms with Gasteiger partial charge in [-0.15, -0.1) is 0 Å². The van der Waals surface area contributed by atoms with E-state index in [-0.39, 0.29) is 17.2 Å². The second-order valence-electron chi connectivity index (χ2n) is 5.69. The number of phenolic OH excluding ortho intramolecular Hbond substituents is 1. The number of phenols is 1. The summed E-state index contributed by atoms with van der Waals surface area (Å²) in [5, 5.41) is 15.9. The van der Waals surface area contributed by atoms with E-state index in [1.54, 1.807) is 6.07 Å². The Balaban J connectivity index is 2.37. The van der Waals surface area contributed by atoms with Crippen molar-refractivity contribution >= 4 is 5.91 Å². The first-order valence-electron chi connectivity index (χ1n) is 6.70. The van der Waals surface area contributed by atoms with Crippen molar-refractivity contribution < 1.29 is 14.6 Å². The van der Waals surface area contributed by atoms with E-state index in [1.807, 2.05) is 32.9 Å². The molecule has 0 atom stereocenters. The van der Waals surface area contributed by atoms with Crippen LogP contribution in [0.15, 0.2) is 18.2 Å². The molecule has 0 unspecified atom stereocenters. The molecule has 0 heterocycles. The summed E-state index contributed by atoms with van der Waals surface area (Å²) < 4.78 is 5.04. The molecule has 0 spiro atoms. The van der Waals surface area contributed by atoms with Crippen LogP contribution in [0.3, 0.4) is 0 Å². The summed E-state index contributed by atoms with van der Waals surface area (Å²) in [5.41, 5.74) is 0.544. The minimum absolute atomic E-state index is 0.0138. The van der Waals surface area contributed by atoms with E-state index >= 15 is 0 Å². The first kappa shape index (κ1) is 16.3. The number of rotatable bonds is 6. The van der Waals surface area contributed by atoms with E-state index in [1.165, 1.54) is 7.11 Å². The fourth-order valence-electron chi connectivity index (χ4n) is 1.78. The molecule has 3 N–H and O–H groups in total. The molecule has 1 aromatic carbocycles. The molecule has 0 fully saturated rings. The highest BCUT2D eigenvalue weighted by atomic mass is 16.5. The van der Waals surface area contributed by atoms with Crippen molar-refractivity contribution in [1.29, 1.82) is 0 Å². The average molecular weight is 280 g/mol. The Morgan fingerprint density at radius 3 is 2.65 bits per heavy atom. The van der Waals surface area contributed by atoms with Crippen LogP contribution in [0.1, 0.15) is 32.8 Å². The van der Waals surface area contributed by atoms with E-state index in [2.05, 4.69) is 10.6 Å². The van der Waals surface area contributed by atoms with Crippen molar-refractivity contribution in [1.82, 2.24) is 10.6 Å². The van der Waals surface area contributed by atoms with Gasteiger partial charge in [-0.3, -0.25) is 4.79 Å². The Morgan fingerprint density at radius 1 is 1.35 bits per heavy atom. The van der Waals surface area contributed by atoms with E-state index in [0.717, 1.165) is 5.56 Å². The van der Waals surface area contributed by atoms with Crippen LogP contribution in [0.4, 0.5) is 0 Å². The molecular formula is C15H24N2O3. The van der Waals surface area contributed by atoms with Gasteiger partial charge in [0.25, 0.3) is 0 Å². The van der Waals surface area contributed by atoms with Crippen LogP contribution in [0.5, 0.6) is 11.5 Å². The molecule has 0 aliphatic carbocycles. The number of carbonyl (C=O) groups is 1. The van der Waals surface area contributed by atoms with Crippen molar-refractivity contribution in [3.63, 3.8) is 0 Å². The fourth-order valence-corrected chi connectivity index (χ4v) is 1.78. The maximum absolute atomic E-state index is 11.6. The van der Waals surface area contributed by atoms with E-state index in [0.29, 0.717) is 25.3 Å². The van der Waals surface area contributed by atoms with Gasteiger partial charge >= 0.3 is 0 Å². The van der Waals surface area contributed by atoms with Gasteiger partial charge in [0.05, 0.1) is 7.11 Å². The Bertz CT molecular complexity index is 453. The lowest BCUT2D eigenvalue weighted by Crippen LogP contribution is -2.41. The molecule has 1 rings (SSSR count). The van der Waals surface area contributed by atoms with Crippen LogP contribution in [-0.4, -0.2) is 30.2 Å². The second-order valence-corrected chi connectivity index (χ2v) is 5.69. The number of nitrogens with one attached hydrogen (secondary N) is 2. The first-order chi connectivity index (χ1) is 9.33. The maximum atomic E-state index is 11.6. The quantitative estimate of drug-likeness (QED) is 0.695. The number of carbonyl (C=O) groups excluding carboxylic acids is 1. The first-order valence-corrected chi connectivity index (χ1v) is 6.70. The normalized spacial score (nSPS) is 11.2. The molecule has 5 heteroatoms. The lowest BCUT2D eigenvalue weighted by molar-refractivity contribution is -0.122. The van der Waals surface area contributed by atoms with Crippen LogP contribution in [0, 0.1) is 0 Å². The smallest absolute Gasteiger partial charge is 0.221 e. The molecule has 0 aromatic heterocycles. The van der Waals surface area contributed by atoms with Crippen LogP contribution in [0.2, 0.25) is 0 Å². The van der Waals surface area contributed by atoms with E-state index < -0.39 is 0 Å². The lowest BCUT2D eigenvalue weighted by Gasteiger charge is -2.20. The van der Waals surface area contributed by atoms with Gasteiger partial charge in [-0.1, -0.05) is 12.1 Å². The molecule has 112 valence electrons. The summed E-state index contributed by atoms with van der Waals surface area (Å²) >= 11 is 0. The van der Waals surface area contributed by atoms with Crippen LogP contribution < -0.4 is 15.4 Å². The summed E-state index contributed by atoms with van der Waals surface area (Å²) in [7, 11) is 1.52. The molecule has 1 aromatic rings. The second kappa shape index (κ2) is 7.14. The highest BCUT2D eigenvalue weighted by Gasteiger charge is 2.13. The number of hydrogen-bond acceptors (Lipinski definition) is 4. The molecule has 0 bridgehead atoms. The van der Waals surface area contributed by atoms with Crippen LogP contribution in [-0.2, 0) is 11.3 Å². The average Bonchev–Trinajstić information content (AvgIpc) is 2.34. The Morgan fingerprint density at radius 2 is 2.05 bits per heavy atom. The number of methoxy groups -OCH3 is 1. The molecule has 5 nitrogen and oxygen atoms in total. The number of hydrogen-bond donors (Lipinski definition) is 3. The fraction of sp³-hybridized carbons (Fsp3) is 0.533. The third-order valence-corrected chi connectivity index (χ3v) is 2.66. The van der Waals surface area contributed by atoms with Crippen molar-refractivity contribution in [2.24, 2.45) is 0 Å². The number of benzene rings is 1. The molecular weight excluding hydrogens is 256 g/mol. The van der Waals surface area contributed by atoms with Crippen molar-refractivity contribution in [2.45, 2.75) is 39.3 Å². The zero-order valence-corrected chi connectivity index (χ0v) is 12.6. The maximum Gasteiger partial charge on any atom is 0.221 e. The monoisotopic (exact) mass is 280 g/mol. The van der Waals surface area contributed by atoms with Gasteiger partial charge in [0, 0.05) is 30.6 Å². The van der Waals surface area contributed by atoms with E-state index in [9.17, 15) is 9.90 Å². The molecule has 0 saturated heterocycles. The van der Waals surface area contributed by atoms with E-state index in [4.69, 9.17) is 4.74 Å². The standard InChI is InChI=1S/C15H24N2O3/c1-15(2,3)17-13(18)8-9-16-10-11-6-5-7-12(20-4)14(11)19/h5-7,16,19H,8-10H2,1-4H3,(H,17,18). The molecule has 0 radical (unpaired) electrons. The number of ether oxygens (including phenoxy) is 1. The largest absolute Gasteiger partial charge is 0.504 e. The third-order valence-electron chi connectivity index (χ3n) is 2.66. The van der Waals surface area contributed by atoms with Gasteiger partial charge in [0.2, 0.25) is 5.91 Å². The summed E-state index contributed by atoms with van der Waals surface area (Å²) in [5.74, 6) is 0.608. The minimum atomic E-state index is -0.206. The third kappa shape index (κ3) is 5.48. The van der Waals surface area contributed by atoms with Gasteiger partial charge in [0.1, 0.15) is 0 Å². The topological polar surface area (TPSA) is 70.6 Å². The predicted octanol–water partition coefficient (Wildman–Crippen LogP) is 1.80. The number of amides is 1. The summed E-state index contributed by atoms with van der Waals surface area (Å²) in [6.45, 7) is 6.90. The van der Waals surface area contributed by atoms with Gasteiger partial charge in [-0.25, -0.2) is 0 Å². The lowest BCUT2D eigenvalue weighted by atomic mass is 10.1. The summed E-state index contributed by atoms with van der Waals surface area (Å²) in [4.78, 5) is 11.6. The van der Waals surface area contributed by atoms with Crippen molar-refractivity contribution in [3.8, 4) is 11.5 Å². The van der Waals surface area contributed by atoms with Crippen LogP contribution in [0.25, 0.3) is 0 Å². The number of para-hydroxylation sites is 1. The summed E-state index contributed by atoms with van der Waals surface area (Å²) in [6.07, 6.45) is 0.405. The SMILES string of the molecule is COc1cccc(CNCCC(=O)NC(C)(C)C)c1O. The van der Waals surface area contributed by atoms with Crippen molar-refractivity contribution in [3.05, 3.63) is 23.8 Å². The molecule has 0 aliphatic heterocycles. The molecule has 0 saturated carbocycles. The summed E-state index contributed by atoms with van der Waals surface area (Å²) in [6, 6.07) is 5.34. The minimum Gasteiger partial charge on any atom is -0.504 e. The Kier molecular flexibility index (Phi) is 5.82. The molecule has 20 heavy (non-hydrogen) atoms. The van der Waals surface area contributed by atoms with Crippen molar-refractivity contribution in [2.75, 3.05) is 13.7 Å². The highest BCUT2D eigenvalue weighted by Crippen LogP contribution is 2.28. The predicted molar refractivity (Wildman–Crippen MR) is 78.9 cm³/mol. The Labute approximate surface area is 120 Å². The van der Waals surface area contributed by atoms with Gasteiger partial charge in [-0.05, 0) is 26.8 Å². The molecule has 0 aliphatic rings. The van der Waals surface area contributed by atoms with Gasteiger partial charge in [0.15, 0.2) is 11.5 Å². The number of aromatic hydroxyl groups is 1.